The summed E-state index contributed by atoms with van der Waals surface area (Å²) >= 11 is 0. The Labute approximate surface area is 223 Å². The number of nitrogens with zero attached hydrogens (tertiary/aromatic N) is 2. The van der Waals surface area contributed by atoms with Gasteiger partial charge in [-0.3, -0.25) is 9.20 Å². The SMILES string of the molecule is Cc1c(C(N)=O)cn2c(-c3ccccc3)c(-c3ccc(C4(NC(=O)OC(C)(C)C)CCC4)cc3)nc2c1C. The van der Waals surface area contributed by atoms with Gasteiger partial charge in [0.15, 0.2) is 0 Å². The number of pyridine rings is 1. The number of amides is 2. The fourth-order valence-electron chi connectivity index (χ4n) is 5.20. The normalized spacial score (nSPS) is 14.7. The van der Waals surface area contributed by atoms with Crippen LogP contribution >= 0.6 is 0 Å². The number of nitrogens with two attached hydrogens (primary N) is 1. The summed E-state index contributed by atoms with van der Waals surface area (Å²) in [6.07, 6.45) is 4.17. The Hall–Kier alpha value is -4.13. The number of hydrogen-bond acceptors (Lipinski definition) is 4. The highest BCUT2D eigenvalue weighted by Crippen LogP contribution is 2.43. The molecular formula is C31H34N4O3. The number of carbonyl (C=O) groups is 2. The number of alkyl carbamates (subject to hydrolysis) is 1. The van der Waals surface area contributed by atoms with Crippen LogP contribution < -0.4 is 11.1 Å². The zero-order chi connectivity index (χ0) is 27.2. The molecule has 7 heteroatoms. The molecule has 4 aromatic rings. The molecule has 2 aromatic carbocycles. The van der Waals surface area contributed by atoms with Gasteiger partial charge in [-0.1, -0.05) is 54.6 Å². The van der Waals surface area contributed by atoms with Crippen LogP contribution in [0, 0.1) is 13.8 Å². The third kappa shape index (κ3) is 4.53. The minimum Gasteiger partial charge on any atom is -0.444 e. The number of carbonyl (C=O) groups excluding carboxylic acids is 2. The molecule has 0 spiro atoms. The Balaban J connectivity index is 1.59. The molecule has 0 bridgehead atoms. The van der Waals surface area contributed by atoms with E-state index >= 15 is 0 Å². The zero-order valence-corrected chi connectivity index (χ0v) is 22.6. The maximum atomic E-state index is 12.6. The van der Waals surface area contributed by atoms with E-state index in [0.717, 1.165) is 64.1 Å². The molecule has 1 saturated carbocycles. The van der Waals surface area contributed by atoms with Gasteiger partial charge in [-0.2, -0.15) is 0 Å². The second-order valence-electron chi connectivity index (χ2n) is 11.2. The van der Waals surface area contributed by atoms with E-state index in [1.54, 1.807) is 6.20 Å². The Morgan fingerprint density at radius 2 is 1.63 bits per heavy atom. The highest BCUT2D eigenvalue weighted by atomic mass is 16.6. The van der Waals surface area contributed by atoms with Crippen LogP contribution in [0.2, 0.25) is 0 Å². The number of nitrogens with one attached hydrogen (secondary N) is 1. The first-order chi connectivity index (χ1) is 18.0. The van der Waals surface area contributed by atoms with Crippen molar-refractivity contribution >= 4 is 17.6 Å². The number of primary amides is 1. The van der Waals surface area contributed by atoms with Crippen molar-refractivity contribution in [1.82, 2.24) is 14.7 Å². The molecule has 2 heterocycles. The number of aryl methyl sites for hydroxylation is 1. The van der Waals surface area contributed by atoms with Gasteiger partial charge in [0.05, 0.1) is 22.5 Å². The molecule has 1 aliphatic carbocycles. The van der Waals surface area contributed by atoms with Gasteiger partial charge in [0, 0.05) is 17.3 Å². The van der Waals surface area contributed by atoms with Crippen LogP contribution in [0.1, 0.15) is 67.1 Å². The molecule has 0 unspecified atom stereocenters. The van der Waals surface area contributed by atoms with E-state index in [1.807, 2.05) is 69.4 Å². The Morgan fingerprint density at radius 3 is 2.18 bits per heavy atom. The van der Waals surface area contributed by atoms with Crippen LogP contribution in [-0.2, 0) is 10.3 Å². The molecule has 0 aliphatic heterocycles. The van der Waals surface area contributed by atoms with E-state index < -0.39 is 23.1 Å². The lowest BCUT2D eigenvalue weighted by Gasteiger charge is -2.43. The number of aromatic nitrogens is 2. The molecule has 2 amide bonds. The Bertz CT molecular complexity index is 1530. The average molecular weight is 511 g/mol. The number of hydrogen-bond donors (Lipinski definition) is 2. The first-order valence-corrected chi connectivity index (χ1v) is 13.0. The van der Waals surface area contributed by atoms with E-state index in [0.29, 0.717) is 5.56 Å². The minimum absolute atomic E-state index is 0.399. The van der Waals surface area contributed by atoms with Gasteiger partial charge < -0.3 is 15.8 Å². The summed E-state index contributed by atoms with van der Waals surface area (Å²) < 4.78 is 7.50. The second kappa shape index (κ2) is 9.31. The van der Waals surface area contributed by atoms with Crippen LogP contribution in [0.3, 0.4) is 0 Å². The lowest BCUT2D eigenvalue weighted by atomic mass is 9.71. The summed E-state index contributed by atoms with van der Waals surface area (Å²) in [4.78, 5) is 29.9. The fourth-order valence-corrected chi connectivity index (χ4v) is 5.20. The maximum Gasteiger partial charge on any atom is 0.408 e. The summed E-state index contributed by atoms with van der Waals surface area (Å²) in [5.41, 5.74) is 12.4. The van der Waals surface area contributed by atoms with Crippen molar-refractivity contribution < 1.29 is 14.3 Å². The largest absolute Gasteiger partial charge is 0.444 e. The van der Waals surface area contributed by atoms with E-state index in [9.17, 15) is 9.59 Å². The van der Waals surface area contributed by atoms with E-state index in [1.165, 1.54) is 0 Å². The molecule has 1 aliphatic rings. The fraction of sp³-hybridized carbons (Fsp3) is 0.323. The van der Waals surface area contributed by atoms with Gasteiger partial charge in [-0.05, 0) is 70.6 Å². The average Bonchev–Trinajstić information content (AvgIpc) is 3.23. The highest BCUT2D eigenvalue weighted by Gasteiger charge is 2.41. The third-order valence-electron chi connectivity index (χ3n) is 7.44. The van der Waals surface area contributed by atoms with E-state index in [4.69, 9.17) is 15.5 Å². The van der Waals surface area contributed by atoms with E-state index in [-0.39, 0.29) is 0 Å². The monoisotopic (exact) mass is 510 g/mol. The van der Waals surface area contributed by atoms with Gasteiger partial charge in [0.2, 0.25) is 5.91 Å². The molecule has 0 saturated heterocycles. The van der Waals surface area contributed by atoms with Crippen molar-refractivity contribution in [2.45, 2.75) is 65.0 Å². The lowest BCUT2D eigenvalue weighted by Crippen LogP contribution is -2.52. The zero-order valence-electron chi connectivity index (χ0n) is 22.6. The standard InChI is InChI=1S/C31H34N4O3/c1-19-20(2)28-33-25(26(22-10-7-6-8-11-22)35(28)18-24(19)27(32)36)21-12-14-23(15-13-21)31(16-9-17-31)34-29(37)38-30(3,4)5/h6-8,10-15,18H,9,16-17H2,1-5H3,(H2,32,36)(H,34,37). The van der Waals surface area contributed by atoms with Crippen LogP contribution in [0.5, 0.6) is 0 Å². The summed E-state index contributed by atoms with van der Waals surface area (Å²) in [5.74, 6) is -0.464. The van der Waals surface area contributed by atoms with Gasteiger partial charge in [-0.15, -0.1) is 0 Å². The molecule has 0 atom stereocenters. The van der Waals surface area contributed by atoms with Crippen LogP contribution in [0.4, 0.5) is 4.79 Å². The first kappa shape index (κ1) is 25.5. The molecule has 196 valence electrons. The summed E-state index contributed by atoms with van der Waals surface area (Å²) in [5, 5.41) is 3.13. The van der Waals surface area contributed by atoms with Gasteiger partial charge in [0.25, 0.3) is 0 Å². The van der Waals surface area contributed by atoms with Crippen molar-refractivity contribution in [2.24, 2.45) is 5.73 Å². The van der Waals surface area contributed by atoms with Crippen molar-refractivity contribution in [1.29, 1.82) is 0 Å². The van der Waals surface area contributed by atoms with Gasteiger partial charge >= 0.3 is 6.09 Å². The number of rotatable bonds is 5. The number of benzene rings is 2. The summed E-state index contributed by atoms with van der Waals surface area (Å²) in [6.45, 7) is 9.46. The smallest absolute Gasteiger partial charge is 0.408 e. The molecule has 5 rings (SSSR count). The number of imidazole rings is 1. The van der Waals surface area contributed by atoms with Crippen LogP contribution in [-0.4, -0.2) is 27.0 Å². The maximum absolute atomic E-state index is 12.6. The third-order valence-corrected chi connectivity index (χ3v) is 7.44. The first-order valence-electron chi connectivity index (χ1n) is 13.0. The number of fused-ring (bicyclic) bond motifs is 1. The van der Waals surface area contributed by atoms with Crippen molar-refractivity contribution in [3.05, 3.63) is 83.0 Å². The summed E-state index contributed by atoms with van der Waals surface area (Å²) in [7, 11) is 0. The predicted octanol–water partition coefficient (Wildman–Crippen LogP) is 6.29. The predicted molar refractivity (Wildman–Crippen MR) is 149 cm³/mol. The molecule has 0 radical (unpaired) electrons. The molecule has 1 fully saturated rings. The van der Waals surface area contributed by atoms with Crippen molar-refractivity contribution in [2.75, 3.05) is 0 Å². The molecule has 7 nitrogen and oxygen atoms in total. The lowest BCUT2D eigenvalue weighted by molar-refractivity contribution is 0.0377. The topological polar surface area (TPSA) is 98.7 Å². The van der Waals surface area contributed by atoms with Crippen LogP contribution in [0.25, 0.3) is 28.2 Å². The molecule has 2 aromatic heterocycles. The Kier molecular flexibility index (Phi) is 6.25. The molecular weight excluding hydrogens is 476 g/mol. The van der Waals surface area contributed by atoms with Gasteiger partial charge in [0.1, 0.15) is 11.2 Å². The Morgan fingerprint density at radius 1 is 0.974 bits per heavy atom. The van der Waals surface area contributed by atoms with E-state index in [2.05, 4.69) is 29.6 Å². The minimum atomic E-state index is -0.555. The van der Waals surface area contributed by atoms with Crippen LogP contribution in [0.15, 0.2) is 60.8 Å². The summed E-state index contributed by atoms with van der Waals surface area (Å²) in [6, 6.07) is 18.3. The second-order valence-corrected chi connectivity index (χ2v) is 11.2. The van der Waals surface area contributed by atoms with Gasteiger partial charge in [-0.25, -0.2) is 9.78 Å². The van der Waals surface area contributed by atoms with Crippen molar-refractivity contribution in [3.63, 3.8) is 0 Å². The number of ether oxygens (including phenoxy) is 1. The highest BCUT2D eigenvalue weighted by molar-refractivity contribution is 5.95. The molecule has 38 heavy (non-hydrogen) atoms. The molecule has 3 N–H and O–H groups in total. The quantitative estimate of drug-likeness (QED) is 0.330. The van der Waals surface area contributed by atoms with Crippen molar-refractivity contribution in [3.8, 4) is 22.5 Å².